The Bertz CT molecular complexity index is 1850. The number of rotatable bonds is 72. The smallest absolute Gasteiger partial charge is 0.462 e. The second-order valence-corrected chi connectivity index (χ2v) is 31.9. The molecule has 19 heteroatoms. The number of esters is 4. The van der Waals surface area contributed by atoms with Crippen molar-refractivity contribution in [2.45, 2.75) is 395 Å². The van der Waals surface area contributed by atoms with Gasteiger partial charge >= 0.3 is 39.5 Å². The second-order valence-electron chi connectivity index (χ2n) is 28.9. The number of ether oxygens (including phenoxy) is 4. The van der Waals surface area contributed by atoms with Crippen molar-refractivity contribution in [3.8, 4) is 0 Å². The van der Waals surface area contributed by atoms with Crippen molar-refractivity contribution < 1.29 is 80.2 Å². The summed E-state index contributed by atoms with van der Waals surface area (Å²) in [5, 5.41) is 10.6. The Balaban J connectivity index is 5.19. The number of phosphoric acid groups is 2. The van der Waals surface area contributed by atoms with E-state index in [1.165, 1.54) is 173 Å². The molecule has 17 nitrogen and oxygen atoms in total. The maximum Gasteiger partial charge on any atom is 0.472 e. The largest absolute Gasteiger partial charge is 0.472 e. The van der Waals surface area contributed by atoms with Gasteiger partial charge in [-0.05, 0) is 49.4 Å². The Labute approximate surface area is 575 Å². The zero-order valence-electron chi connectivity index (χ0n) is 61.6. The van der Waals surface area contributed by atoms with Crippen molar-refractivity contribution in [1.29, 1.82) is 0 Å². The molecule has 0 aromatic rings. The summed E-state index contributed by atoms with van der Waals surface area (Å²) in [7, 11) is -9.91. The maximum atomic E-state index is 13.0. The molecule has 0 rings (SSSR count). The van der Waals surface area contributed by atoms with Crippen LogP contribution in [0.4, 0.5) is 0 Å². The Morgan fingerprint density at radius 1 is 0.266 bits per heavy atom. The summed E-state index contributed by atoms with van der Waals surface area (Å²) in [5.74, 6) is 0.869. The minimum atomic E-state index is -4.96. The van der Waals surface area contributed by atoms with Gasteiger partial charge in [-0.25, -0.2) is 9.13 Å². The third-order valence-corrected chi connectivity index (χ3v) is 19.2. The molecule has 0 saturated heterocycles. The fourth-order valence-electron chi connectivity index (χ4n) is 11.4. The van der Waals surface area contributed by atoms with E-state index in [9.17, 15) is 43.2 Å². The molecule has 0 aliphatic rings. The van der Waals surface area contributed by atoms with Gasteiger partial charge in [0.1, 0.15) is 19.3 Å². The standard InChI is InChI=1S/C75H146O17P2/c1-65(2)51-43-35-27-21-17-13-10-9-11-15-20-24-32-41-49-57-74(79)91-70(62-86-73(78)56-48-40-33-25-29-37-45-53-67(5)6)63-89-93(81,82)87-59-69(76)60-88-94(83,84)90-64-71(92-75(80)58-50-42-34-26-30-38-46-54-68(7)8)61-85-72(77)55-47-39-31-23-19-16-12-14-18-22-28-36-44-52-66(3)4/h65-71,76H,9-64H2,1-8H3,(H,81,82)(H,83,84)/t69?,70-,71-/m1/s1. The van der Waals surface area contributed by atoms with E-state index >= 15 is 0 Å². The third-order valence-electron chi connectivity index (χ3n) is 17.3. The molecular weight excluding hydrogens is 1230 g/mol. The maximum absolute atomic E-state index is 13.0. The minimum Gasteiger partial charge on any atom is -0.462 e. The monoisotopic (exact) mass is 1380 g/mol. The highest BCUT2D eigenvalue weighted by atomic mass is 31.2. The molecule has 94 heavy (non-hydrogen) atoms. The van der Waals surface area contributed by atoms with Crippen molar-refractivity contribution in [1.82, 2.24) is 0 Å². The summed E-state index contributed by atoms with van der Waals surface area (Å²) in [5.41, 5.74) is 0. The summed E-state index contributed by atoms with van der Waals surface area (Å²) in [4.78, 5) is 72.7. The molecule has 0 heterocycles. The number of phosphoric ester groups is 2. The SMILES string of the molecule is CC(C)CCCCCCCCCCCCCCCCCC(=O)O[C@H](COC(=O)CCCCCCCCCC(C)C)COP(=O)(O)OCC(O)COP(=O)(O)OC[C@@H](COC(=O)CCCCCCCCCCCCCCCC(C)C)OC(=O)CCCCCCCCCC(C)C. The zero-order chi connectivity index (χ0) is 69.6. The van der Waals surface area contributed by atoms with Crippen LogP contribution in [0, 0.1) is 23.7 Å². The van der Waals surface area contributed by atoms with E-state index in [1.54, 1.807) is 0 Å². The molecule has 0 aromatic heterocycles. The van der Waals surface area contributed by atoms with E-state index in [4.69, 9.17) is 37.0 Å². The number of hydrogen-bond acceptors (Lipinski definition) is 15. The molecule has 0 saturated carbocycles. The lowest BCUT2D eigenvalue weighted by Crippen LogP contribution is -2.30. The molecule has 0 amide bonds. The third kappa shape index (κ3) is 68.6. The molecule has 0 bridgehead atoms. The number of aliphatic hydroxyl groups is 1. The van der Waals surface area contributed by atoms with Crippen LogP contribution in [0.25, 0.3) is 0 Å². The predicted octanol–water partition coefficient (Wildman–Crippen LogP) is 21.7. The van der Waals surface area contributed by atoms with Crippen molar-refractivity contribution in [2.75, 3.05) is 39.6 Å². The summed E-state index contributed by atoms with van der Waals surface area (Å²) < 4.78 is 68.4. The molecule has 0 spiro atoms. The van der Waals surface area contributed by atoms with Crippen LogP contribution in [0.5, 0.6) is 0 Å². The summed E-state index contributed by atoms with van der Waals surface area (Å²) in [6.45, 7) is 14.1. The highest BCUT2D eigenvalue weighted by Crippen LogP contribution is 2.45. The van der Waals surface area contributed by atoms with Gasteiger partial charge in [0, 0.05) is 25.7 Å². The number of carbonyl (C=O) groups is 4. The van der Waals surface area contributed by atoms with E-state index in [0.29, 0.717) is 37.5 Å². The van der Waals surface area contributed by atoms with Gasteiger partial charge in [0.25, 0.3) is 0 Å². The summed E-state index contributed by atoms with van der Waals surface area (Å²) in [6.07, 6.45) is 48.8. The number of unbranched alkanes of at least 4 members (excludes halogenated alkanes) is 38. The molecular formula is C75H146O17P2. The normalized spacial score (nSPS) is 14.2. The van der Waals surface area contributed by atoms with Crippen LogP contribution in [0.1, 0.15) is 376 Å². The van der Waals surface area contributed by atoms with Gasteiger partial charge in [-0.1, -0.05) is 325 Å². The van der Waals surface area contributed by atoms with Gasteiger partial charge < -0.3 is 33.8 Å². The average Bonchev–Trinajstić information content (AvgIpc) is 2.87. The Hall–Kier alpha value is -1.94. The first-order chi connectivity index (χ1) is 45.1. The van der Waals surface area contributed by atoms with Gasteiger partial charge in [-0.3, -0.25) is 37.3 Å². The van der Waals surface area contributed by atoms with E-state index in [1.807, 2.05) is 0 Å². The zero-order valence-corrected chi connectivity index (χ0v) is 63.4. The predicted molar refractivity (Wildman–Crippen MR) is 381 cm³/mol. The lowest BCUT2D eigenvalue weighted by Gasteiger charge is -2.21. The number of aliphatic hydroxyl groups excluding tert-OH is 1. The van der Waals surface area contributed by atoms with Crippen LogP contribution in [0.3, 0.4) is 0 Å². The molecule has 3 N–H and O–H groups in total. The molecule has 5 atom stereocenters. The average molecular weight is 1380 g/mol. The Morgan fingerprint density at radius 2 is 0.447 bits per heavy atom. The highest BCUT2D eigenvalue weighted by Gasteiger charge is 2.30. The molecule has 0 aliphatic heterocycles. The molecule has 0 aromatic carbocycles. The molecule has 558 valence electrons. The lowest BCUT2D eigenvalue weighted by molar-refractivity contribution is -0.161. The topological polar surface area (TPSA) is 237 Å². The van der Waals surface area contributed by atoms with Gasteiger partial charge in [0.05, 0.1) is 26.4 Å². The van der Waals surface area contributed by atoms with Crippen molar-refractivity contribution in [3.63, 3.8) is 0 Å². The van der Waals surface area contributed by atoms with E-state index in [2.05, 4.69) is 55.4 Å². The van der Waals surface area contributed by atoms with Crippen molar-refractivity contribution in [3.05, 3.63) is 0 Å². The molecule has 0 fully saturated rings. The van der Waals surface area contributed by atoms with Crippen molar-refractivity contribution >= 4 is 39.5 Å². The van der Waals surface area contributed by atoms with Crippen molar-refractivity contribution in [2.24, 2.45) is 23.7 Å². The van der Waals surface area contributed by atoms with Gasteiger partial charge in [-0.2, -0.15) is 0 Å². The number of carbonyl (C=O) groups excluding carboxylic acids is 4. The fourth-order valence-corrected chi connectivity index (χ4v) is 13.0. The second kappa shape index (κ2) is 64.4. The minimum absolute atomic E-state index is 0.103. The first kappa shape index (κ1) is 92.1. The van der Waals surface area contributed by atoms with Crippen LogP contribution in [0.2, 0.25) is 0 Å². The van der Waals surface area contributed by atoms with E-state index in [0.717, 1.165) is 108 Å². The van der Waals surface area contributed by atoms with Gasteiger partial charge in [0.15, 0.2) is 12.2 Å². The lowest BCUT2D eigenvalue weighted by atomic mass is 10.0. The Morgan fingerprint density at radius 3 is 0.660 bits per heavy atom. The van der Waals surface area contributed by atoms with Crippen LogP contribution in [-0.4, -0.2) is 96.7 Å². The van der Waals surface area contributed by atoms with Gasteiger partial charge in [0.2, 0.25) is 0 Å². The van der Waals surface area contributed by atoms with Crippen LogP contribution < -0.4 is 0 Å². The fraction of sp³-hybridized carbons (Fsp3) is 0.947. The van der Waals surface area contributed by atoms with Crippen LogP contribution >= 0.6 is 15.6 Å². The summed E-state index contributed by atoms with van der Waals surface area (Å²) >= 11 is 0. The quantitative estimate of drug-likeness (QED) is 0.0222. The highest BCUT2D eigenvalue weighted by molar-refractivity contribution is 7.47. The van der Waals surface area contributed by atoms with E-state index in [-0.39, 0.29) is 25.7 Å². The first-order valence-electron chi connectivity index (χ1n) is 38.7. The molecule has 0 aliphatic carbocycles. The molecule has 3 unspecified atom stereocenters. The van der Waals surface area contributed by atoms with Crippen LogP contribution in [-0.2, 0) is 65.4 Å². The Kier molecular flexibility index (Phi) is 63.1. The first-order valence-corrected chi connectivity index (χ1v) is 41.7. The molecule has 0 radical (unpaired) electrons. The van der Waals surface area contributed by atoms with Gasteiger partial charge in [-0.15, -0.1) is 0 Å². The van der Waals surface area contributed by atoms with E-state index < -0.39 is 97.5 Å². The summed E-state index contributed by atoms with van der Waals surface area (Å²) in [6, 6.07) is 0. The van der Waals surface area contributed by atoms with Crippen LogP contribution in [0.15, 0.2) is 0 Å². The number of hydrogen-bond donors (Lipinski definition) is 3.